The van der Waals surface area contributed by atoms with E-state index in [0.29, 0.717) is 6.04 Å². The first-order chi connectivity index (χ1) is 16.7. The summed E-state index contributed by atoms with van der Waals surface area (Å²) < 4.78 is 0. The number of nitrogens with zero attached hydrogens (tertiary/aromatic N) is 1. The number of hydrogen-bond acceptors (Lipinski definition) is 3. The van der Waals surface area contributed by atoms with Gasteiger partial charge in [-0.1, -0.05) is 110 Å². The first-order valence-electron chi connectivity index (χ1n) is 12.7. The highest BCUT2D eigenvalue weighted by molar-refractivity contribution is 6.02. The van der Waals surface area contributed by atoms with Crippen molar-refractivity contribution in [3.63, 3.8) is 0 Å². The lowest BCUT2D eigenvalue weighted by atomic mass is 9.68. The maximum atomic E-state index is 14.0. The predicted octanol–water partition coefficient (Wildman–Crippen LogP) is 6.42. The van der Waals surface area contributed by atoms with E-state index < -0.39 is 0 Å². The number of carbonyl (C=O) groups excluding carboxylic acids is 2. The van der Waals surface area contributed by atoms with E-state index in [-0.39, 0.29) is 29.3 Å². The number of benzene rings is 3. The summed E-state index contributed by atoms with van der Waals surface area (Å²) in [5, 5.41) is 0. The Hall–Kier alpha value is -3.04. The Morgan fingerprint density at radius 1 is 0.588 bits per heavy atom. The number of hydrogen-bond donors (Lipinski definition) is 0. The zero-order valence-corrected chi connectivity index (χ0v) is 19.7. The number of rotatable bonds is 6. The van der Waals surface area contributed by atoms with E-state index in [0.717, 1.165) is 42.6 Å². The van der Waals surface area contributed by atoms with Crippen LogP contribution in [0.1, 0.15) is 64.3 Å². The molecule has 5 rings (SSSR count). The molecule has 2 fully saturated rings. The summed E-state index contributed by atoms with van der Waals surface area (Å²) >= 11 is 0. The minimum Gasteiger partial charge on any atom is -0.299 e. The molecule has 1 heterocycles. The number of likely N-dealkylation sites (tertiary alicyclic amines) is 1. The van der Waals surface area contributed by atoms with Crippen LogP contribution >= 0.6 is 0 Å². The van der Waals surface area contributed by atoms with Crippen LogP contribution in [0.4, 0.5) is 0 Å². The second kappa shape index (κ2) is 10.5. The average molecular weight is 452 g/mol. The third-order valence-corrected chi connectivity index (χ3v) is 7.80. The van der Waals surface area contributed by atoms with Gasteiger partial charge < -0.3 is 0 Å². The van der Waals surface area contributed by atoms with Crippen molar-refractivity contribution in [3.8, 4) is 0 Å². The summed E-state index contributed by atoms with van der Waals surface area (Å²) in [6, 6.07) is 30.0. The Kier molecular flexibility index (Phi) is 7.01. The van der Waals surface area contributed by atoms with Gasteiger partial charge in [0.25, 0.3) is 0 Å². The van der Waals surface area contributed by atoms with E-state index in [1.165, 1.54) is 19.3 Å². The second-order valence-corrected chi connectivity index (χ2v) is 9.86. The average Bonchev–Trinajstić information content (AvgIpc) is 2.93. The van der Waals surface area contributed by atoms with Crippen molar-refractivity contribution in [3.05, 3.63) is 108 Å². The molecule has 0 bridgehead atoms. The van der Waals surface area contributed by atoms with Gasteiger partial charge in [-0.2, -0.15) is 0 Å². The Bertz CT molecular complexity index is 1030. The molecule has 1 aliphatic carbocycles. The molecule has 3 aromatic carbocycles. The van der Waals surface area contributed by atoms with E-state index in [2.05, 4.69) is 17.0 Å². The molecule has 0 unspecified atom stereocenters. The quantitative estimate of drug-likeness (QED) is 0.406. The molecule has 2 aliphatic rings. The topological polar surface area (TPSA) is 37.4 Å². The van der Waals surface area contributed by atoms with Gasteiger partial charge in [0.1, 0.15) is 0 Å². The van der Waals surface area contributed by atoms with Gasteiger partial charge in [-0.05, 0) is 18.4 Å². The largest absolute Gasteiger partial charge is 0.299 e. The minimum atomic E-state index is -0.252. The second-order valence-electron chi connectivity index (χ2n) is 9.86. The van der Waals surface area contributed by atoms with Crippen molar-refractivity contribution in [2.24, 2.45) is 11.8 Å². The third kappa shape index (κ3) is 4.76. The van der Waals surface area contributed by atoms with Crippen LogP contribution in [0.5, 0.6) is 0 Å². The predicted molar refractivity (Wildman–Crippen MR) is 136 cm³/mol. The Labute approximate surface area is 202 Å². The Balaban J connectivity index is 1.58. The van der Waals surface area contributed by atoms with Crippen molar-refractivity contribution < 1.29 is 9.59 Å². The monoisotopic (exact) mass is 451 g/mol. The van der Waals surface area contributed by atoms with E-state index >= 15 is 0 Å². The summed E-state index contributed by atoms with van der Waals surface area (Å²) in [6.45, 7) is 1.44. The highest BCUT2D eigenvalue weighted by atomic mass is 16.1. The molecule has 2 atom stereocenters. The minimum absolute atomic E-state index is 0.138. The van der Waals surface area contributed by atoms with Crippen LogP contribution < -0.4 is 0 Å². The molecule has 1 aliphatic heterocycles. The first-order valence-corrected chi connectivity index (χ1v) is 12.7. The molecule has 3 aromatic rings. The molecule has 0 amide bonds. The van der Waals surface area contributed by atoms with Crippen molar-refractivity contribution in [2.45, 2.75) is 44.1 Å². The van der Waals surface area contributed by atoms with Crippen LogP contribution in [-0.4, -0.2) is 35.6 Å². The van der Waals surface area contributed by atoms with Crippen LogP contribution in [0.2, 0.25) is 0 Å². The lowest BCUT2D eigenvalue weighted by molar-refractivity contribution is 0.0386. The van der Waals surface area contributed by atoms with Crippen LogP contribution in [-0.2, 0) is 0 Å². The molecule has 0 N–H and O–H groups in total. The van der Waals surface area contributed by atoms with Gasteiger partial charge in [0.15, 0.2) is 11.6 Å². The van der Waals surface area contributed by atoms with E-state index in [4.69, 9.17) is 0 Å². The summed E-state index contributed by atoms with van der Waals surface area (Å²) in [5.74, 6) is -0.334. The smallest absolute Gasteiger partial charge is 0.167 e. The summed E-state index contributed by atoms with van der Waals surface area (Å²) in [5.41, 5.74) is 2.57. The number of piperidine rings is 1. The lowest BCUT2D eigenvalue weighted by Gasteiger charge is -2.47. The molecular weight excluding hydrogens is 418 g/mol. The standard InChI is InChI=1S/C31H33NO2/c33-30(24-15-7-2-8-16-24)27-21-32(26-19-11-4-12-20-26)22-28(29(27)23-13-5-1-6-14-23)31(34)25-17-9-3-10-18-25/h1-3,5-10,13-18,26-29H,4,11-12,19-22H2/t27-,28-/m0/s1. The van der Waals surface area contributed by atoms with Gasteiger partial charge in [-0.15, -0.1) is 0 Å². The molecule has 3 heteroatoms. The normalized spacial score (nSPS) is 22.4. The summed E-state index contributed by atoms with van der Waals surface area (Å²) in [7, 11) is 0. The van der Waals surface area contributed by atoms with Gasteiger partial charge in [-0.25, -0.2) is 0 Å². The van der Waals surface area contributed by atoms with E-state index in [1.807, 2.05) is 78.9 Å². The van der Waals surface area contributed by atoms with Crippen LogP contribution in [0.25, 0.3) is 0 Å². The number of carbonyl (C=O) groups is 2. The van der Waals surface area contributed by atoms with Gasteiger partial charge in [0.2, 0.25) is 0 Å². The summed E-state index contributed by atoms with van der Waals surface area (Å²) in [6.07, 6.45) is 6.08. The van der Waals surface area contributed by atoms with Crippen LogP contribution in [0.15, 0.2) is 91.0 Å². The van der Waals surface area contributed by atoms with Crippen molar-refractivity contribution >= 4 is 11.6 Å². The molecule has 0 spiro atoms. The van der Waals surface area contributed by atoms with E-state index in [1.54, 1.807) is 0 Å². The van der Waals surface area contributed by atoms with Gasteiger partial charge >= 0.3 is 0 Å². The van der Waals surface area contributed by atoms with Crippen LogP contribution in [0.3, 0.4) is 0 Å². The molecule has 0 radical (unpaired) electrons. The fourth-order valence-corrected chi connectivity index (χ4v) is 6.10. The molecule has 3 nitrogen and oxygen atoms in total. The maximum absolute atomic E-state index is 14.0. The third-order valence-electron chi connectivity index (χ3n) is 7.80. The van der Waals surface area contributed by atoms with Crippen molar-refractivity contribution in [1.82, 2.24) is 4.90 Å². The first kappa shape index (κ1) is 22.7. The van der Waals surface area contributed by atoms with Gasteiger partial charge in [-0.3, -0.25) is 14.5 Å². The Morgan fingerprint density at radius 2 is 1.03 bits per heavy atom. The SMILES string of the molecule is O=C(c1ccccc1)[C@H]1CN(C2CCCCC2)C[C@H](C(=O)c2ccccc2)C1c1ccccc1. The zero-order chi connectivity index (χ0) is 23.3. The molecule has 0 aromatic heterocycles. The van der Waals surface area contributed by atoms with Crippen molar-refractivity contribution in [1.29, 1.82) is 0 Å². The maximum Gasteiger partial charge on any atom is 0.167 e. The number of ketones is 2. The summed E-state index contributed by atoms with van der Waals surface area (Å²) in [4.78, 5) is 30.4. The number of Topliss-reactive ketones (excluding diaryl/α,β-unsaturated/α-hetero) is 2. The molecule has 1 saturated heterocycles. The molecule has 174 valence electrons. The molecule has 34 heavy (non-hydrogen) atoms. The fraction of sp³-hybridized carbons (Fsp3) is 0.355. The lowest BCUT2D eigenvalue weighted by Crippen LogP contribution is -2.54. The highest BCUT2D eigenvalue weighted by Crippen LogP contribution is 2.42. The van der Waals surface area contributed by atoms with Gasteiger partial charge in [0, 0.05) is 48.0 Å². The van der Waals surface area contributed by atoms with E-state index in [9.17, 15) is 9.59 Å². The molecular formula is C31H33NO2. The fourth-order valence-electron chi connectivity index (χ4n) is 6.10. The highest BCUT2D eigenvalue weighted by Gasteiger charge is 2.46. The Morgan fingerprint density at radius 3 is 1.50 bits per heavy atom. The van der Waals surface area contributed by atoms with Gasteiger partial charge in [0.05, 0.1) is 0 Å². The molecule has 1 saturated carbocycles. The van der Waals surface area contributed by atoms with Crippen LogP contribution in [0, 0.1) is 11.8 Å². The van der Waals surface area contributed by atoms with Crippen molar-refractivity contribution in [2.75, 3.05) is 13.1 Å². The zero-order valence-electron chi connectivity index (χ0n) is 19.7.